The van der Waals surface area contributed by atoms with Crippen molar-refractivity contribution in [2.75, 3.05) is 25.6 Å². The van der Waals surface area contributed by atoms with Gasteiger partial charge in [0.1, 0.15) is 0 Å². The Balaban J connectivity index is 0.000000941. The van der Waals surface area contributed by atoms with Gasteiger partial charge in [-0.25, -0.2) is 4.98 Å². The quantitative estimate of drug-likeness (QED) is 0.166. The van der Waals surface area contributed by atoms with Crippen LogP contribution in [-0.4, -0.2) is 36.6 Å². The van der Waals surface area contributed by atoms with Gasteiger partial charge >= 0.3 is 0 Å². The molecular weight excluding hydrogens is 392 g/mol. The number of rotatable bonds is 8. The summed E-state index contributed by atoms with van der Waals surface area (Å²) in [6.45, 7) is 1.34. The number of hydrogen-bond acceptors (Lipinski definition) is 6. The first kappa shape index (κ1) is 22.2. The van der Waals surface area contributed by atoms with Gasteiger partial charge in [-0.1, -0.05) is 35.9 Å². The van der Waals surface area contributed by atoms with Crippen LogP contribution in [0.4, 0.5) is 5.69 Å². The maximum atomic E-state index is 8.58. The summed E-state index contributed by atoms with van der Waals surface area (Å²) in [5, 5.41) is 3.92. The monoisotopic (exact) mass is 416 g/mol. The summed E-state index contributed by atoms with van der Waals surface area (Å²) >= 11 is 6.35. The van der Waals surface area contributed by atoms with Gasteiger partial charge in [-0.3, -0.25) is 10.6 Å². The highest BCUT2D eigenvalue weighted by Crippen LogP contribution is 2.24. The fourth-order valence-corrected chi connectivity index (χ4v) is 2.91. The highest BCUT2D eigenvalue weighted by Gasteiger charge is 2.07. The number of hydrogen-bond donors (Lipinski definition) is 5. The Bertz CT molecular complexity index is 924. The van der Waals surface area contributed by atoms with E-state index in [1.54, 1.807) is 7.11 Å². The molecule has 3 rings (SSSR count). The number of amides is 1. The van der Waals surface area contributed by atoms with E-state index in [0.717, 1.165) is 28.0 Å². The number of allylic oxidation sites excluding steroid dienone is 1. The van der Waals surface area contributed by atoms with E-state index in [-0.39, 0.29) is 6.41 Å². The number of carbonyl (C=O) groups excluding carboxylic acids is 1. The van der Waals surface area contributed by atoms with Crippen LogP contribution >= 0.6 is 11.6 Å². The lowest BCUT2D eigenvalue weighted by Gasteiger charge is -2.09. The van der Waals surface area contributed by atoms with Crippen LogP contribution < -0.4 is 22.3 Å². The number of fused-ring (bicyclic) bond motifs is 1. The zero-order chi connectivity index (χ0) is 21.1. The molecule has 3 aromatic rings. The van der Waals surface area contributed by atoms with Crippen LogP contribution in [-0.2, 0) is 16.0 Å². The Kier molecular flexibility index (Phi) is 8.97. The van der Waals surface area contributed by atoms with Crippen molar-refractivity contribution in [2.45, 2.75) is 6.42 Å². The third-order valence-electron chi connectivity index (χ3n) is 4.00. The highest BCUT2D eigenvalue weighted by atomic mass is 35.5. The smallest absolute Gasteiger partial charge is 0.204 e. The van der Waals surface area contributed by atoms with E-state index >= 15 is 0 Å². The predicted octanol–water partition coefficient (Wildman–Crippen LogP) is 2.42. The molecule has 29 heavy (non-hydrogen) atoms. The lowest BCUT2D eigenvalue weighted by Crippen LogP contribution is -2.21. The second-order valence-electron chi connectivity index (χ2n) is 5.94. The van der Waals surface area contributed by atoms with Crippen molar-refractivity contribution in [2.24, 2.45) is 11.6 Å². The fraction of sp³-hybridized carbons (Fsp3) is 0.200. The summed E-state index contributed by atoms with van der Waals surface area (Å²) in [6, 6.07) is 13.8. The van der Waals surface area contributed by atoms with Gasteiger partial charge in [0.25, 0.3) is 0 Å². The van der Waals surface area contributed by atoms with Crippen LogP contribution in [0, 0.1) is 0 Å². The van der Waals surface area contributed by atoms with E-state index in [1.165, 1.54) is 0 Å². The van der Waals surface area contributed by atoms with Gasteiger partial charge in [0.2, 0.25) is 6.41 Å². The molecule has 0 unspecified atom stereocenters. The number of nitrogens with one attached hydrogen (secondary N) is 3. The maximum absolute atomic E-state index is 8.58. The van der Waals surface area contributed by atoms with Crippen molar-refractivity contribution in [3.63, 3.8) is 0 Å². The summed E-state index contributed by atoms with van der Waals surface area (Å²) in [7, 11) is 1.67. The minimum Gasteiger partial charge on any atom is -0.383 e. The third kappa shape index (κ3) is 6.49. The van der Waals surface area contributed by atoms with E-state index in [1.807, 2.05) is 48.5 Å². The number of halogens is 1. The molecule has 154 valence electrons. The zero-order valence-corrected chi connectivity index (χ0v) is 16.9. The summed E-state index contributed by atoms with van der Waals surface area (Å²) in [6.07, 6.45) is 2.91. The van der Waals surface area contributed by atoms with Gasteiger partial charge in [-0.05, 0) is 36.2 Å². The third-order valence-corrected chi connectivity index (χ3v) is 4.31. The van der Waals surface area contributed by atoms with Crippen molar-refractivity contribution >= 4 is 40.4 Å². The summed E-state index contributed by atoms with van der Waals surface area (Å²) in [5.41, 5.74) is 11.5. The highest BCUT2D eigenvalue weighted by molar-refractivity contribution is 6.33. The number of carbonyl (C=O) groups is 1. The molecule has 0 aliphatic heterocycles. The molecule has 0 spiro atoms. The number of para-hydroxylation sites is 2. The van der Waals surface area contributed by atoms with Crippen molar-refractivity contribution in [3.05, 3.63) is 65.0 Å². The van der Waals surface area contributed by atoms with E-state index in [9.17, 15) is 0 Å². The summed E-state index contributed by atoms with van der Waals surface area (Å²) in [4.78, 5) is 16.4. The van der Waals surface area contributed by atoms with E-state index < -0.39 is 0 Å². The van der Waals surface area contributed by atoms with Crippen LogP contribution in [0.1, 0.15) is 11.4 Å². The van der Waals surface area contributed by atoms with Crippen molar-refractivity contribution in [1.29, 1.82) is 0 Å². The molecule has 0 atom stereocenters. The number of imidazole rings is 1. The Labute approximate surface area is 174 Å². The molecule has 0 radical (unpaired) electrons. The van der Waals surface area contributed by atoms with Gasteiger partial charge in [-0.15, -0.1) is 0 Å². The number of methoxy groups -OCH3 is 1. The van der Waals surface area contributed by atoms with Gasteiger partial charge in [0.05, 0.1) is 34.0 Å². The lowest BCUT2D eigenvalue weighted by atomic mass is 10.1. The number of aromatic nitrogens is 2. The van der Waals surface area contributed by atoms with Gasteiger partial charge in [-0.2, -0.15) is 0 Å². The molecule has 2 aromatic carbocycles. The molecule has 0 aliphatic rings. The number of hydrazine groups is 1. The first-order valence-corrected chi connectivity index (χ1v) is 9.29. The molecule has 1 heterocycles. The van der Waals surface area contributed by atoms with Gasteiger partial charge < -0.3 is 26.2 Å². The number of aromatic amines is 1. The molecule has 7 N–H and O–H groups in total. The molecule has 1 amide bonds. The first-order chi connectivity index (χ1) is 14.1. The number of benzene rings is 2. The number of nitrogens with two attached hydrogens (primary N) is 2. The molecule has 9 heteroatoms. The van der Waals surface area contributed by atoms with E-state index in [2.05, 4.69) is 26.4 Å². The Morgan fingerprint density at radius 2 is 2.07 bits per heavy atom. The minimum atomic E-state index is 0.250. The van der Waals surface area contributed by atoms with Crippen LogP contribution in [0.15, 0.2) is 48.5 Å². The summed E-state index contributed by atoms with van der Waals surface area (Å²) < 4.78 is 5.03. The Morgan fingerprint density at radius 1 is 1.31 bits per heavy atom. The molecule has 0 saturated heterocycles. The second-order valence-corrected chi connectivity index (χ2v) is 6.35. The second kappa shape index (κ2) is 11.7. The SMILES string of the molecule is COCCNc1ccc(C/C=C(\NN)c2nc3ccccc3[nH]2)cc1Cl.NC=O. The summed E-state index contributed by atoms with van der Waals surface area (Å²) in [5.74, 6) is 6.39. The first-order valence-electron chi connectivity index (χ1n) is 8.91. The molecule has 0 fully saturated rings. The molecular formula is C20H25ClN6O2. The number of H-pyrrole nitrogens is 1. The van der Waals surface area contributed by atoms with Crippen molar-refractivity contribution < 1.29 is 9.53 Å². The largest absolute Gasteiger partial charge is 0.383 e. The molecule has 0 saturated carbocycles. The Hall–Kier alpha value is -3.07. The molecule has 8 nitrogen and oxygen atoms in total. The zero-order valence-electron chi connectivity index (χ0n) is 16.1. The average molecular weight is 417 g/mol. The number of nitrogens with zero attached hydrogens (tertiary/aromatic N) is 1. The maximum Gasteiger partial charge on any atom is 0.204 e. The van der Waals surface area contributed by atoms with Crippen molar-refractivity contribution in [3.8, 4) is 0 Å². The van der Waals surface area contributed by atoms with Crippen LogP contribution in [0.25, 0.3) is 16.7 Å². The topological polar surface area (TPSA) is 131 Å². The minimum absolute atomic E-state index is 0.250. The number of anilines is 1. The van der Waals surface area contributed by atoms with Gasteiger partial charge in [0.15, 0.2) is 5.82 Å². The van der Waals surface area contributed by atoms with E-state index in [0.29, 0.717) is 30.4 Å². The average Bonchev–Trinajstić information content (AvgIpc) is 3.15. The van der Waals surface area contributed by atoms with Crippen LogP contribution in [0.5, 0.6) is 0 Å². The van der Waals surface area contributed by atoms with Crippen molar-refractivity contribution in [1.82, 2.24) is 15.4 Å². The van der Waals surface area contributed by atoms with Gasteiger partial charge in [0, 0.05) is 13.7 Å². The molecule has 0 aliphatic carbocycles. The molecule has 1 aromatic heterocycles. The predicted molar refractivity (Wildman–Crippen MR) is 117 cm³/mol. The van der Waals surface area contributed by atoms with E-state index in [4.69, 9.17) is 27.0 Å². The van der Waals surface area contributed by atoms with Crippen LogP contribution in [0.2, 0.25) is 5.02 Å². The Morgan fingerprint density at radius 3 is 2.72 bits per heavy atom. The number of ether oxygens (including phenoxy) is 1. The lowest BCUT2D eigenvalue weighted by molar-refractivity contribution is -0.106. The molecule has 0 bridgehead atoms. The van der Waals surface area contributed by atoms with Crippen LogP contribution in [0.3, 0.4) is 0 Å². The standard InChI is InChI=1S/C19H22ClN5O.CH3NO/c1-26-11-10-22-15-8-6-13(12-14(15)20)7-9-18(25-21)19-23-16-4-2-3-5-17(16)24-19;2-1-3/h2-6,8-9,12,22,25H,7,10-11,21H2,1H3,(H,23,24);1H,(H2,2,3)/b18-9-;. The normalized spacial score (nSPS) is 10.9. The number of primary amides is 1. The fourth-order valence-electron chi connectivity index (χ4n) is 2.64.